The normalized spacial score (nSPS) is 16.5. The first kappa shape index (κ1) is 15.9. The SMILES string of the molecule is Cc1cnc(C)c(OC2CCN(Cc3cccc(F)c3)CC2)n1. The third kappa shape index (κ3) is 4.26. The molecule has 0 saturated carbocycles. The van der Waals surface area contributed by atoms with Gasteiger partial charge in [-0.2, -0.15) is 0 Å². The number of rotatable bonds is 4. The van der Waals surface area contributed by atoms with Gasteiger partial charge in [-0.3, -0.25) is 9.88 Å². The molecule has 1 fully saturated rings. The summed E-state index contributed by atoms with van der Waals surface area (Å²) in [4.78, 5) is 11.0. The molecule has 23 heavy (non-hydrogen) atoms. The highest BCUT2D eigenvalue weighted by atomic mass is 19.1. The van der Waals surface area contributed by atoms with Gasteiger partial charge in [0.25, 0.3) is 0 Å². The molecule has 0 N–H and O–H groups in total. The number of aryl methyl sites for hydroxylation is 2. The Kier molecular flexibility index (Phi) is 4.86. The predicted molar refractivity (Wildman–Crippen MR) is 86.8 cm³/mol. The van der Waals surface area contributed by atoms with Crippen molar-refractivity contribution >= 4 is 0 Å². The Morgan fingerprint density at radius 2 is 2.04 bits per heavy atom. The number of hydrogen-bond acceptors (Lipinski definition) is 4. The first-order valence-electron chi connectivity index (χ1n) is 8.04. The van der Waals surface area contributed by atoms with E-state index >= 15 is 0 Å². The lowest BCUT2D eigenvalue weighted by Gasteiger charge is -2.32. The lowest BCUT2D eigenvalue weighted by atomic mass is 10.1. The second kappa shape index (κ2) is 7.04. The highest BCUT2D eigenvalue weighted by Gasteiger charge is 2.22. The molecular weight excluding hydrogens is 293 g/mol. The van der Waals surface area contributed by atoms with Crippen LogP contribution in [0.1, 0.15) is 29.8 Å². The van der Waals surface area contributed by atoms with Crippen molar-refractivity contribution in [3.05, 3.63) is 53.2 Å². The van der Waals surface area contributed by atoms with Crippen LogP contribution in [0.3, 0.4) is 0 Å². The molecule has 2 heterocycles. The molecule has 1 saturated heterocycles. The molecule has 2 aromatic rings. The summed E-state index contributed by atoms with van der Waals surface area (Å²) in [5.74, 6) is 0.475. The standard InChI is InChI=1S/C18H22FN3O/c1-13-11-20-14(2)18(21-13)23-17-6-8-22(9-7-17)12-15-4-3-5-16(19)10-15/h3-5,10-11,17H,6-9,12H2,1-2H3. The third-order valence-corrected chi connectivity index (χ3v) is 4.14. The van der Waals surface area contributed by atoms with E-state index in [-0.39, 0.29) is 11.9 Å². The fourth-order valence-corrected chi connectivity index (χ4v) is 2.86. The van der Waals surface area contributed by atoms with Crippen molar-refractivity contribution in [1.82, 2.24) is 14.9 Å². The largest absolute Gasteiger partial charge is 0.473 e. The summed E-state index contributed by atoms with van der Waals surface area (Å²) < 4.78 is 19.3. The quantitative estimate of drug-likeness (QED) is 0.868. The summed E-state index contributed by atoms with van der Waals surface area (Å²) in [5.41, 5.74) is 2.72. The lowest BCUT2D eigenvalue weighted by Crippen LogP contribution is -2.38. The smallest absolute Gasteiger partial charge is 0.235 e. The van der Waals surface area contributed by atoms with Gasteiger partial charge >= 0.3 is 0 Å². The minimum atomic E-state index is -0.172. The molecule has 0 amide bonds. The van der Waals surface area contributed by atoms with Crippen LogP contribution in [0.4, 0.5) is 4.39 Å². The van der Waals surface area contributed by atoms with E-state index in [1.54, 1.807) is 18.3 Å². The van der Waals surface area contributed by atoms with Crippen LogP contribution in [0, 0.1) is 19.7 Å². The van der Waals surface area contributed by atoms with Crippen LogP contribution < -0.4 is 4.74 Å². The van der Waals surface area contributed by atoms with E-state index in [9.17, 15) is 4.39 Å². The van der Waals surface area contributed by atoms with Gasteiger partial charge in [0, 0.05) is 25.8 Å². The van der Waals surface area contributed by atoms with E-state index in [2.05, 4.69) is 14.9 Å². The molecule has 122 valence electrons. The first-order valence-corrected chi connectivity index (χ1v) is 8.04. The van der Waals surface area contributed by atoms with Crippen molar-refractivity contribution < 1.29 is 9.13 Å². The van der Waals surface area contributed by atoms with E-state index in [1.165, 1.54) is 6.07 Å². The van der Waals surface area contributed by atoms with Crippen LogP contribution in [0.25, 0.3) is 0 Å². The molecule has 0 radical (unpaired) electrons. The van der Waals surface area contributed by atoms with Crippen molar-refractivity contribution in [2.45, 2.75) is 39.3 Å². The van der Waals surface area contributed by atoms with Crippen molar-refractivity contribution in [2.24, 2.45) is 0 Å². The van der Waals surface area contributed by atoms with Crippen molar-refractivity contribution in [2.75, 3.05) is 13.1 Å². The molecule has 0 atom stereocenters. The van der Waals surface area contributed by atoms with Crippen LogP contribution >= 0.6 is 0 Å². The van der Waals surface area contributed by atoms with E-state index in [1.807, 2.05) is 19.9 Å². The number of ether oxygens (including phenoxy) is 1. The summed E-state index contributed by atoms with van der Waals surface area (Å²) in [5, 5.41) is 0. The molecule has 0 spiro atoms. The number of aromatic nitrogens is 2. The fourth-order valence-electron chi connectivity index (χ4n) is 2.86. The van der Waals surface area contributed by atoms with E-state index < -0.39 is 0 Å². The average Bonchev–Trinajstić information content (AvgIpc) is 2.53. The van der Waals surface area contributed by atoms with Gasteiger partial charge in [0.1, 0.15) is 11.9 Å². The molecule has 0 bridgehead atoms. The molecule has 3 rings (SSSR count). The Bertz CT molecular complexity index is 669. The highest BCUT2D eigenvalue weighted by molar-refractivity contribution is 5.19. The van der Waals surface area contributed by atoms with E-state index in [0.717, 1.165) is 49.4 Å². The summed E-state index contributed by atoms with van der Waals surface area (Å²) in [7, 11) is 0. The minimum Gasteiger partial charge on any atom is -0.473 e. The summed E-state index contributed by atoms with van der Waals surface area (Å²) >= 11 is 0. The zero-order valence-corrected chi connectivity index (χ0v) is 13.6. The topological polar surface area (TPSA) is 38.2 Å². The number of nitrogens with zero attached hydrogens (tertiary/aromatic N) is 3. The molecule has 0 aliphatic carbocycles. The average molecular weight is 315 g/mol. The molecule has 0 unspecified atom stereocenters. The van der Waals surface area contributed by atoms with Gasteiger partial charge in [-0.05, 0) is 44.4 Å². The number of likely N-dealkylation sites (tertiary alicyclic amines) is 1. The number of halogens is 1. The van der Waals surface area contributed by atoms with Crippen molar-refractivity contribution in [1.29, 1.82) is 0 Å². The molecule has 1 aromatic heterocycles. The minimum absolute atomic E-state index is 0.172. The Morgan fingerprint density at radius 3 is 2.78 bits per heavy atom. The van der Waals surface area contributed by atoms with Gasteiger partial charge in [-0.25, -0.2) is 9.37 Å². The van der Waals surface area contributed by atoms with Crippen molar-refractivity contribution in [3.8, 4) is 5.88 Å². The van der Waals surface area contributed by atoms with E-state index in [4.69, 9.17) is 4.74 Å². The van der Waals surface area contributed by atoms with Crippen LogP contribution in [-0.4, -0.2) is 34.1 Å². The van der Waals surface area contributed by atoms with E-state index in [0.29, 0.717) is 5.88 Å². The van der Waals surface area contributed by atoms with Gasteiger partial charge in [-0.1, -0.05) is 12.1 Å². The maximum absolute atomic E-state index is 13.2. The molecule has 5 heteroatoms. The van der Waals surface area contributed by atoms with Gasteiger partial charge < -0.3 is 4.74 Å². The highest BCUT2D eigenvalue weighted by Crippen LogP contribution is 2.21. The first-order chi connectivity index (χ1) is 11.1. The molecule has 1 aromatic carbocycles. The van der Waals surface area contributed by atoms with Crippen molar-refractivity contribution in [3.63, 3.8) is 0 Å². The maximum atomic E-state index is 13.2. The number of hydrogen-bond donors (Lipinski definition) is 0. The summed E-state index contributed by atoms with van der Waals surface area (Å²) in [6.07, 6.45) is 3.83. The Labute approximate surface area is 136 Å². The summed E-state index contributed by atoms with van der Waals surface area (Å²) in [6.45, 7) is 6.51. The predicted octanol–water partition coefficient (Wildman–Crippen LogP) is 3.28. The lowest BCUT2D eigenvalue weighted by molar-refractivity contribution is 0.0920. The molecule has 1 aliphatic rings. The second-order valence-electron chi connectivity index (χ2n) is 6.13. The Hall–Kier alpha value is -2.01. The third-order valence-electron chi connectivity index (χ3n) is 4.14. The van der Waals surface area contributed by atoms with Crippen LogP contribution in [0.5, 0.6) is 5.88 Å². The molecule has 4 nitrogen and oxygen atoms in total. The molecule has 1 aliphatic heterocycles. The zero-order valence-electron chi connectivity index (χ0n) is 13.6. The van der Waals surface area contributed by atoms with Crippen LogP contribution in [-0.2, 0) is 6.54 Å². The van der Waals surface area contributed by atoms with Gasteiger partial charge in [0.2, 0.25) is 5.88 Å². The Morgan fingerprint density at radius 1 is 1.26 bits per heavy atom. The van der Waals surface area contributed by atoms with Crippen LogP contribution in [0.2, 0.25) is 0 Å². The van der Waals surface area contributed by atoms with Gasteiger partial charge in [0.15, 0.2) is 0 Å². The Balaban J connectivity index is 1.53. The second-order valence-corrected chi connectivity index (χ2v) is 6.13. The fraction of sp³-hybridized carbons (Fsp3) is 0.444. The monoisotopic (exact) mass is 315 g/mol. The zero-order chi connectivity index (χ0) is 16.2. The molecular formula is C18H22FN3O. The van der Waals surface area contributed by atoms with Crippen LogP contribution in [0.15, 0.2) is 30.5 Å². The number of piperidine rings is 1. The number of benzene rings is 1. The van der Waals surface area contributed by atoms with Gasteiger partial charge in [-0.15, -0.1) is 0 Å². The summed E-state index contributed by atoms with van der Waals surface area (Å²) in [6, 6.07) is 6.82. The van der Waals surface area contributed by atoms with Gasteiger partial charge in [0.05, 0.1) is 11.4 Å². The maximum Gasteiger partial charge on any atom is 0.235 e.